The van der Waals surface area contributed by atoms with Crippen molar-refractivity contribution in [2.24, 2.45) is 0 Å². The van der Waals surface area contributed by atoms with E-state index in [1.165, 1.54) is 114 Å². The first-order valence-electron chi connectivity index (χ1n) is 12.5. The van der Waals surface area contributed by atoms with E-state index in [2.05, 4.69) is 42.6 Å². The van der Waals surface area contributed by atoms with Gasteiger partial charge in [0.05, 0.1) is 6.54 Å². The van der Waals surface area contributed by atoms with Gasteiger partial charge in [0.15, 0.2) is 0 Å². The summed E-state index contributed by atoms with van der Waals surface area (Å²) in [5, 5.41) is 0. The van der Waals surface area contributed by atoms with Crippen molar-refractivity contribution in [3.8, 4) is 0 Å². The van der Waals surface area contributed by atoms with Crippen LogP contribution in [0.15, 0.2) is 24.3 Å². The monoisotopic (exact) mass is 383 g/mol. The molecule has 0 atom stereocenters. The summed E-state index contributed by atoms with van der Waals surface area (Å²) < 4.78 is 0. The van der Waals surface area contributed by atoms with Crippen molar-refractivity contribution in [2.45, 2.75) is 122 Å². The van der Waals surface area contributed by atoms with Crippen LogP contribution in [-0.2, 0) is 6.42 Å². The second-order valence-electron chi connectivity index (χ2n) is 8.74. The molecule has 1 aliphatic rings. The summed E-state index contributed by atoms with van der Waals surface area (Å²) in [6.07, 6.45) is 25.2. The molecular formula is C27H45N. The van der Waals surface area contributed by atoms with Gasteiger partial charge >= 0.3 is 0 Å². The van der Waals surface area contributed by atoms with Crippen LogP contribution < -0.4 is 4.90 Å². The quantitative estimate of drug-likeness (QED) is 0.243. The highest BCUT2D eigenvalue weighted by molar-refractivity contribution is 5.57. The summed E-state index contributed by atoms with van der Waals surface area (Å²) in [7, 11) is 0. The Bertz CT molecular complexity index is 481. The molecule has 0 fully saturated rings. The first kappa shape index (κ1) is 23.3. The number of nitrogens with zero attached hydrogens (tertiary/aromatic N) is 1. The first-order chi connectivity index (χ1) is 13.9. The van der Waals surface area contributed by atoms with Crippen LogP contribution in [-0.4, -0.2) is 6.54 Å². The molecule has 0 spiro atoms. The Labute approximate surface area is 176 Å². The number of para-hydroxylation sites is 1. The van der Waals surface area contributed by atoms with Crippen LogP contribution in [0.5, 0.6) is 0 Å². The van der Waals surface area contributed by atoms with Crippen molar-refractivity contribution in [1.82, 2.24) is 0 Å². The largest absolute Gasteiger partial charge is 0.361 e. The van der Waals surface area contributed by atoms with E-state index in [-0.39, 0.29) is 0 Å². The number of benzene rings is 1. The molecule has 28 heavy (non-hydrogen) atoms. The molecule has 1 aromatic rings. The van der Waals surface area contributed by atoms with Crippen LogP contribution in [0.2, 0.25) is 0 Å². The third-order valence-electron chi connectivity index (χ3n) is 6.21. The molecule has 0 N–H and O–H groups in total. The zero-order valence-corrected chi connectivity index (χ0v) is 18.7. The van der Waals surface area contributed by atoms with Crippen LogP contribution in [0.3, 0.4) is 0 Å². The number of fused-ring (bicyclic) bond motifs is 1. The lowest BCUT2D eigenvalue weighted by atomic mass is 10.0. The Morgan fingerprint density at radius 1 is 0.679 bits per heavy atom. The summed E-state index contributed by atoms with van der Waals surface area (Å²) in [5.74, 6) is 0. The molecule has 0 saturated carbocycles. The van der Waals surface area contributed by atoms with Crippen molar-refractivity contribution in [2.75, 3.05) is 11.4 Å². The van der Waals surface area contributed by atoms with Gasteiger partial charge in [-0.1, -0.05) is 121 Å². The van der Waals surface area contributed by atoms with Gasteiger partial charge in [0.25, 0.3) is 0 Å². The van der Waals surface area contributed by atoms with Gasteiger partial charge in [-0.25, -0.2) is 0 Å². The van der Waals surface area contributed by atoms with E-state index in [1.54, 1.807) is 0 Å². The predicted octanol–water partition coefficient (Wildman–Crippen LogP) is 8.74. The maximum Gasteiger partial charge on any atom is 0.0915 e. The minimum Gasteiger partial charge on any atom is -0.361 e. The summed E-state index contributed by atoms with van der Waals surface area (Å²) in [6.45, 7) is 7.01. The highest BCUT2D eigenvalue weighted by Crippen LogP contribution is 2.29. The van der Waals surface area contributed by atoms with E-state index >= 15 is 0 Å². The second kappa shape index (κ2) is 15.9. The van der Waals surface area contributed by atoms with Gasteiger partial charge < -0.3 is 4.90 Å². The molecular weight excluding hydrogens is 338 g/mol. The molecule has 1 heteroatoms. The Hall–Kier alpha value is -0.980. The molecule has 0 aromatic heterocycles. The number of anilines is 1. The lowest BCUT2D eigenvalue weighted by Crippen LogP contribution is -2.26. The third kappa shape index (κ3) is 9.99. The van der Waals surface area contributed by atoms with Gasteiger partial charge in [-0.05, 0) is 30.9 Å². The number of hydrogen-bond donors (Lipinski definition) is 0. The second-order valence-corrected chi connectivity index (χ2v) is 8.74. The lowest BCUT2D eigenvalue weighted by Gasteiger charge is -2.30. The summed E-state index contributed by atoms with van der Waals surface area (Å²) in [6, 6.07) is 8.86. The topological polar surface area (TPSA) is 3.24 Å². The van der Waals surface area contributed by atoms with Gasteiger partial charge in [-0.3, -0.25) is 0 Å². The standard InChI is InChI=1S/C27H45N/c1-2-3-4-5-6-7-8-9-10-11-12-13-14-15-16-19-24-28-25-20-22-26-21-17-18-23-27(26)28/h17-18,21,23H,2-16,19-20,22,24H2,1H3. The molecule has 2 radical (unpaired) electrons. The zero-order chi connectivity index (χ0) is 19.7. The molecule has 0 aliphatic carbocycles. The number of aryl methyl sites for hydroxylation is 1. The van der Waals surface area contributed by atoms with E-state index < -0.39 is 0 Å². The SMILES string of the molecule is CCCCCCCCCCCCCCCCCCN1[C]CCc2ccccc21. The first-order valence-corrected chi connectivity index (χ1v) is 12.5. The van der Waals surface area contributed by atoms with Crippen molar-refractivity contribution >= 4 is 5.69 Å². The molecule has 0 unspecified atom stereocenters. The van der Waals surface area contributed by atoms with E-state index in [4.69, 9.17) is 0 Å². The van der Waals surface area contributed by atoms with E-state index in [9.17, 15) is 0 Å². The Balaban J connectivity index is 1.33. The maximum absolute atomic E-state index is 3.56. The predicted molar refractivity (Wildman–Crippen MR) is 125 cm³/mol. The van der Waals surface area contributed by atoms with Crippen molar-refractivity contribution in [1.29, 1.82) is 0 Å². The van der Waals surface area contributed by atoms with Gasteiger partial charge in [0, 0.05) is 12.2 Å². The normalized spacial score (nSPS) is 13.7. The van der Waals surface area contributed by atoms with Gasteiger partial charge in [-0.2, -0.15) is 0 Å². The Morgan fingerprint density at radius 2 is 1.18 bits per heavy atom. The highest BCUT2D eigenvalue weighted by Gasteiger charge is 2.16. The van der Waals surface area contributed by atoms with Gasteiger partial charge in [-0.15, -0.1) is 0 Å². The van der Waals surface area contributed by atoms with Crippen molar-refractivity contribution < 1.29 is 0 Å². The molecule has 2 rings (SSSR count). The van der Waals surface area contributed by atoms with Crippen LogP contribution >= 0.6 is 0 Å². The van der Waals surface area contributed by atoms with Crippen LogP contribution in [0.1, 0.15) is 122 Å². The number of unbranched alkanes of at least 4 members (excludes halogenated alkanes) is 15. The Morgan fingerprint density at radius 3 is 1.75 bits per heavy atom. The average Bonchev–Trinajstić information content (AvgIpc) is 2.73. The van der Waals surface area contributed by atoms with E-state index in [1.807, 2.05) is 0 Å². The van der Waals surface area contributed by atoms with Crippen molar-refractivity contribution in [3.63, 3.8) is 0 Å². The van der Waals surface area contributed by atoms with Crippen molar-refractivity contribution in [3.05, 3.63) is 36.4 Å². The highest BCUT2D eigenvalue weighted by atomic mass is 15.1. The average molecular weight is 384 g/mol. The van der Waals surface area contributed by atoms with E-state index in [0.717, 1.165) is 19.4 Å². The smallest absolute Gasteiger partial charge is 0.0915 e. The molecule has 1 aliphatic heterocycles. The fraction of sp³-hybridized carbons (Fsp3) is 0.741. The summed E-state index contributed by atoms with van der Waals surface area (Å²) in [4.78, 5) is 2.38. The molecule has 158 valence electrons. The van der Waals surface area contributed by atoms with Crippen LogP contribution in [0.25, 0.3) is 0 Å². The van der Waals surface area contributed by atoms with Crippen LogP contribution in [0.4, 0.5) is 5.69 Å². The zero-order valence-electron chi connectivity index (χ0n) is 18.7. The van der Waals surface area contributed by atoms with E-state index in [0.29, 0.717) is 0 Å². The third-order valence-corrected chi connectivity index (χ3v) is 6.21. The number of hydrogen-bond acceptors (Lipinski definition) is 1. The molecule has 0 amide bonds. The number of rotatable bonds is 17. The summed E-state index contributed by atoms with van der Waals surface area (Å²) >= 11 is 0. The molecule has 0 saturated heterocycles. The van der Waals surface area contributed by atoms with Gasteiger partial charge in [0.2, 0.25) is 0 Å². The molecule has 1 nitrogen and oxygen atoms in total. The maximum atomic E-state index is 3.56. The fourth-order valence-electron chi connectivity index (χ4n) is 4.41. The molecule has 1 heterocycles. The van der Waals surface area contributed by atoms with Gasteiger partial charge in [0.1, 0.15) is 0 Å². The molecule has 0 bridgehead atoms. The lowest BCUT2D eigenvalue weighted by molar-refractivity contribution is 0.529. The Kier molecular flexibility index (Phi) is 13.2. The fourth-order valence-corrected chi connectivity index (χ4v) is 4.41. The summed E-state index contributed by atoms with van der Waals surface area (Å²) in [5.41, 5.74) is 2.90. The molecule has 1 aromatic carbocycles. The minimum absolute atomic E-state index is 1.08. The van der Waals surface area contributed by atoms with Crippen LogP contribution in [0, 0.1) is 6.54 Å². The minimum atomic E-state index is 1.08.